The highest BCUT2D eigenvalue weighted by Gasteiger charge is 2.31. The van der Waals surface area contributed by atoms with Crippen molar-refractivity contribution in [2.24, 2.45) is 5.92 Å². The number of carbonyl (C=O) groups is 1. The highest BCUT2D eigenvalue weighted by atomic mass is 16.5. The van der Waals surface area contributed by atoms with Crippen LogP contribution in [0.1, 0.15) is 76.0 Å². The molecule has 1 saturated carbocycles. The van der Waals surface area contributed by atoms with Crippen LogP contribution >= 0.6 is 0 Å². The van der Waals surface area contributed by atoms with Gasteiger partial charge >= 0.3 is 0 Å². The number of fused-ring (bicyclic) bond motifs is 1. The van der Waals surface area contributed by atoms with E-state index in [2.05, 4.69) is 69.7 Å². The molecule has 2 atom stereocenters. The molecule has 3 aliphatic rings. The average molecular weight is 519 g/mol. The molecule has 38 heavy (non-hydrogen) atoms. The number of pyridine rings is 1. The van der Waals surface area contributed by atoms with Crippen molar-refractivity contribution < 1.29 is 9.53 Å². The van der Waals surface area contributed by atoms with Gasteiger partial charge in [0.15, 0.2) is 11.6 Å². The molecule has 202 valence electrons. The Morgan fingerprint density at radius 3 is 2.63 bits per heavy atom. The van der Waals surface area contributed by atoms with Crippen molar-refractivity contribution in [3.8, 4) is 0 Å². The minimum atomic E-state index is -0.0223. The van der Waals surface area contributed by atoms with Gasteiger partial charge in [0.25, 0.3) is 0 Å². The zero-order valence-corrected chi connectivity index (χ0v) is 22.8. The Balaban J connectivity index is 1.15. The van der Waals surface area contributed by atoms with Gasteiger partial charge in [0.2, 0.25) is 5.91 Å². The Kier molecular flexibility index (Phi) is 6.47. The molecule has 0 unspecified atom stereocenters. The van der Waals surface area contributed by atoms with E-state index in [1.54, 1.807) is 6.20 Å². The fraction of sp³-hybridized carbons (Fsp3) is 0.571. The van der Waals surface area contributed by atoms with Crippen LogP contribution in [-0.2, 0) is 28.0 Å². The van der Waals surface area contributed by atoms with E-state index in [0.717, 1.165) is 62.7 Å². The van der Waals surface area contributed by atoms with E-state index in [0.29, 0.717) is 12.4 Å². The van der Waals surface area contributed by atoms with E-state index >= 15 is 0 Å². The van der Waals surface area contributed by atoms with E-state index in [4.69, 9.17) is 14.9 Å². The third-order valence-corrected chi connectivity index (χ3v) is 7.81. The van der Waals surface area contributed by atoms with Crippen LogP contribution < -0.4 is 10.6 Å². The molecular weight excluding hydrogens is 480 g/mol. The number of amides is 1. The van der Waals surface area contributed by atoms with Crippen molar-refractivity contribution in [1.82, 2.24) is 29.4 Å². The molecule has 6 rings (SSSR count). The van der Waals surface area contributed by atoms with E-state index < -0.39 is 0 Å². The van der Waals surface area contributed by atoms with E-state index in [1.807, 2.05) is 12.1 Å². The standard InChI is InChI=1S/C28H38N8O2/c1-18-22-14-25(30-26-15-23(28(2,3)4)36(33-26)21-8-12-38-17-21)32-35(22)11-10-34(18)16-19-7-9-29-24(13-19)31-27(37)20-5-6-20/h7,9,13-15,18,20-21H,5-6,8,10-12,16-17H2,1-4H3,(H,29,31,37)(H,30,32,33)/t18-,21-/m1/s1. The lowest BCUT2D eigenvalue weighted by Gasteiger charge is -2.33. The maximum absolute atomic E-state index is 12.1. The number of ether oxygens (including phenoxy) is 1. The van der Waals surface area contributed by atoms with Crippen molar-refractivity contribution >= 4 is 23.4 Å². The Morgan fingerprint density at radius 2 is 1.89 bits per heavy atom. The molecule has 0 spiro atoms. The normalized spacial score (nSPS) is 21.9. The summed E-state index contributed by atoms with van der Waals surface area (Å²) in [5, 5.41) is 16.2. The first-order valence-corrected chi connectivity index (χ1v) is 13.8. The van der Waals surface area contributed by atoms with Crippen molar-refractivity contribution in [3.63, 3.8) is 0 Å². The summed E-state index contributed by atoms with van der Waals surface area (Å²) < 4.78 is 9.88. The van der Waals surface area contributed by atoms with Crippen LogP contribution in [-0.4, -0.2) is 55.1 Å². The molecule has 10 heteroatoms. The molecule has 1 amide bonds. The van der Waals surface area contributed by atoms with Crippen LogP contribution in [0.4, 0.5) is 17.5 Å². The molecule has 3 aromatic rings. The number of rotatable bonds is 7. The summed E-state index contributed by atoms with van der Waals surface area (Å²) in [7, 11) is 0. The number of nitrogens with one attached hydrogen (secondary N) is 2. The van der Waals surface area contributed by atoms with Crippen molar-refractivity contribution in [2.75, 3.05) is 30.4 Å². The van der Waals surface area contributed by atoms with Gasteiger partial charge in [-0.15, -0.1) is 0 Å². The molecular formula is C28H38N8O2. The summed E-state index contributed by atoms with van der Waals surface area (Å²) in [5.74, 6) is 2.52. The van der Waals surface area contributed by atoms with Gasteiger partial charge in [-0.2, -0.15) is 10.2 Å². The Hall–Kier alpha value is -3.24. The van der Waals surface area contributed by atoms with Gasteiger partial charge < -0.3 is 15.4 Å². The Bertz CT molecular complexity index is 1310. The van der Waals surface area contributed by atoms with Crippen molar-refractivity contribution in [2.45, 2.75) is 77.5 Å². The highest BCUT2D eigenvalue weighted by molar-refractivity contribution is 5.93. The summed E-state index contributed by atoms with van der Waals surface area (Å²) in [4.78, 5) is 18.9. The third-order valence-electron chi connectivity index (χ3n) is 7.81. The third kappa shape index (κ3) is 5.19. The van der Waals surface area contributed by atoms with Crippen LogP contribution in [0.5, 0.6) is 0 Å². The lowest BCUT2D eigenvalue weighted by atomic mass is 9.91. The van der Waals surface area contributed by atoms with Gasteiger partial charge in [-0.1, -0.05) is 20.8 Å². The number of aromatic nitrogens is 5. The Labute approximate surface area is 223 Å². The summed E-state index contributed by atoms with van der Waals surface area (Å²) in [6, 6.07) is 8.78. The van der Waals surface area contributed by atoms with Crippen molar-refractivity contribution in [3.05, 3.63) is 47.4 Å². The van der Waals surface area contributed by atoms with Gasteiger partial charge in [0.05, 0.1) is 24.9 Å². The topological polar surface area (TPSA) is 102 Å². The fourth-order valence-electron chi connectivity index (χ4n) is 5.42. The number of nitrogens with zero attached hydrogens (tertiary/aromatic N) is 6. The molecule has 2 fully saturated rings. The molecule has 1 aliphatic carbocycles. The van der Waals surface area contributed by atoms with Crippen LogP contribution in [0.15, 0.2) is 30.5 Å². The van der Waals surface area contributed by atoms with E-state index in [9.17, 15) is 4.79 Å². The van der Waals surface area contributed by atoms with Gasteiger partial charge in [0.1, 0.15) is 5.82 Å². The molecule has 2 aliphatic heterocycles. The zero-order chi connectivity index (χ0) is 26.4. The summed E-state index contributed by atoms with van der Waals surface area (Å²) in [6.07, 6.45) is 4.73. The molecule has 3 aromatic heterocycles. The van der Waals surface area contributed by atoms with Gasteiger partial charge in [0, 0.05) is 61.1 Å². The predicted octanol–water partition coefficient (Wildman–Crippen LogP) is 4.40. The van der Waals surface area contributed by atoms with Crippen LogP contribution in [0.25, 0.3) is 0 Å². The maximum Gasteiger partial charge on any atom is 0.228 e. The molecule has 2 N–H and O–H groups in total. The molecule has 0 bridgehead atoms. The number of anilines is 3. The number of hydrogen-bond acceptors (Lipinski definition) is 7. The predicted molar refractivity (Wildman–Crippen MR) is 145 cm³/mol. The van der Waals surface area contributed by atoms with Gasteiger partial charge in [-0.05, 0) is 43.9 Å². The van der Waals surface area contributed by atoms with Gasteiger partial charge in [-0.25, -0.2) is 4.98 Å². The lowest BCUT2D eigenvalue weighted by molar-refractivity contribution is -0.117. The number of carbonyl (C=O) groups excluding carboxylic acids is 1. The van der Waals surface area contributed by atoms with E-state index in [-0.39, 0.29) is 29.3 Å². The molecule has 10 nitrogen and oxygen atoms in total. The second-order valence-corrected chi connectivity index (χ2v) is 11.9. The summed E-state index contributed by atoms with van der Waals surface area (Å²) >= 11 is 0. The SMILES string of the molecule is C[C@@H]1c2cc(Nc3cc(C(C)(C)C)n([C@@H]4CCOC4)n3)nn2CCN1Cc1ccnc(NC(=O)C2CC2)c1. The first-order valence-electron chi connectivity index (χ1n) is 13.8. The minimum absolute atomic E-state index is 0.0223. The first kappa shape index (κ1) is 25.1. The summed E-state index contributed by atoms with van der Waals surface area (Å²) in [6.45, 7) is 12.9. The van der Waals surface area contributed by atoms with Crippen LogP contribution in [0.2, 0.25) is 0 Å². The largest absolute Gasteiger partial charge is 0.379 e. The first-order chi connectivity index (χ1) is 18.2. The molecule has 5 heterocycles. The molecule has 0 aromatic carbocycles. The average Bonchev–Trinajstić information content (AvgIpc) is 3.24. The molecule has 1 saturated heterocycles. The maximum atomic E-state index is 12.1. The smallest absolute Gasteiger partial charge is 0.228 e. The monoisotopic (exact) mass is 518 g/mol. The van der Waals surface area contributed by atoms with E-state index in [1.165, 1.54) is 11.4 Å². The quantitative estimate of drug-likeness (QED) is 0.478. The Morgan fingerprint density at radius 1 is 1.08 bits per heavy atom. The zero-order valence-electron chi connectivity index (χ0n) is 22.8. The highest BCUT2D eigenvalue weighted by Crippen LogP contribution is 2.33. The second kappa shape index (κ2) is 9.81. The van der Waals surface area contributed by atoms with Crippen LogP contribution in [0.3, 0.4) is 0 Å². The number of hydrogen-bond donors (Lipinski definition) is 2. The van der Waals surface area contributed by atoms with Crippen LogP contribution in [0, 0.1) is 5.92 Å². The van der Waals surface area contributed by atoms with Crippen molar-refractivity contribution in [1.29, 1.82) is 0 Å². The summed E-state index contributed by atoms with van der Waals surface area (Å²) in [5.41, 5.74) is 3.49. The second-order valence-electron chi connectivity index (χ2n) is 11.9. The van der Waals surface area contributed by atoms with Gasteiger partial charge in [-0.3, -0.25) is 19.1 Å². The lowest BCUT2D eigenvalue weighted by Crippen LogP contribution is -2.36. The molecule has 0 radical (unpaired) electrons. The fourth-order valence-corrected chi connectivity index (χ4v) is 5.42. The minimum Gasteiger partial charge on any atom is -0.379 e.